The Bertz CT molecular complexity index is 226. The van der Waals surface area contributed by atoms with Crippen molar-refractivity contribution in [1.29, 1.82) is 0 Å². The largest absolute Gasteiger partial charge is 0.472 e. The molecular weight excluding hydrogens is 138 g/mol. The molecule has 60 valence electrons. The van der Waals surface area contributed by atoms with Crippen molar-refractivity contribution in [3.05, 3.63) is 36.3 Å². The number of nitrogens with two attached hydrogens (primary N) is 1. The van der Waals surface area contributed by atoms with Crippen LogP contribution in [0.15, 0.2) is 35.2 Å². The Morgan fingerprint density at radius 1 is 1.82 bits per heavy atom. The number of furan rings is 1. The molecule has 0 unspecified atom stereocenters. The summed E-state index contributed by atoms with van der Waals surface area (Å²) < 4.78 is 4.91. The topological polar surface area (TPSA) is 39.2 Å². The average molecular weight is 151 g/mol. The van der Waals surface area contributed by atoms with Crippen LogP contribution in [-0.4, -0.2) is 0 Å². The molecule has 11 heavy (non-hydrogen) atoms. The smallest absolute Gasteiger partial charge is 0.0950 e. The fourth-order valence-electron chi connectivity index (χ4n) is 0.979. The van der Waals surface area contributed by atoms with Gasteiger partial charge < -0.3 is 10.2 Å². The van der Waals surface area contributed by atoms with Gasteiger partial charge in [-0.2, -0.15) is 0 Å². The van der Waals surface area contributed by atoms with Crippen molar-refractivity contribution in [3.63, 3.8) is 0 Å². The summed E-state index contributed by atoms with van der Waals surface area (Å²) >= 11 is 0. The molecule has 1 aromatic rings. The molecule has 0 aromatic carbocycles. The van der Waals surface area contributed by atoms with Crippen LogP contribution in [0.5, 0.6) is 0 Å². The first-order valence-corrected chi connectivity index (χ1v) is 3.62. The molecule has 0 aliphatic rings. The lowest BCUT2D eigenvalue weighted by atomic mass is 10.0. The van der Waals surface area contributed by atoms with E-state index in [1.807, 2.05) is 13.0 Å². The fraction of sp³-hybridized carbons (Fsp3) is 0.333. The molecule has 0 spiro atoms. The van der Waals surface area contributed by atoms with Gasteiger partial charge in [0.15, 0.2) is 0 Å². The van der Waals surface area contributed by atoms with Crippen molar-refractivity contribution < 1.29 is 4.42 Å². The zero-order valence-corrected chi connectivity index (χ0v) is 6.71. The maximum atomic E-state index is 5.82. The molecule has 0 amide bonds. The van der Waals surface area contributed by atoms with E-state index in [9.17, 15) is 0 Å². The van der Waals surface area contributed by atoms with E-state index >= 15 is 0 Å². The molecule has 0 aliphatic carbocycles. The highest BCUT2D eigenvalue weighted by molar-refractivity contribution is 5.13. The van der Waals surface area contributed by atoms with Crippen molar-refractivity contribution in [2.45, 2.75) is 19.4 Å². The van der Waals surface area contributed by atoms with Gasteiger partial charge in [-0.3, -0.25) is 0 Å². The quantitative estimate of drug-likeness (QED) is 0.673. The molecule has 0 fully saturated rings. The Kier molecular flexibility index (Phi) is 2.49. The normalized spacial score (nSPS) is 12.9. The van der Waals surface area contributed by atoms with Crippen LogP contribution < -0.4 is 5.73 Å². The summed E-state index contributed by atoms with van der Waals surface area (Å²) in [5, 5.41) is 0. The standard InChI is InChI=1S/C9H13NO/c1-7(2)5-9(10)8-3-4-11-6-8/h3-4,6,9H,1,5,10H2,2H3/t9-/m1/s1. The summed E-state index contributed by atoms with van der Waals surface area (Å²) in [5.41, 5.74) is 7.95. The molecule has 1 atom stereocenters. The van der Waals surface area contributed by atoms with Crippen molar-refractivity contribution in [2.75, 3.05) is 0 Å². The maximum Gasteiger partial charge on any atom is 0.0950 e. The number of hydrogen-bond donors (Lipinski definition) is 1. The second kappa shape index (κ2) is 3.39. The SMILES string of the molecule is C=C(C)C[C@@H](N)c1ccoc1. The first kappa shape index (κ1) is 8.08. The fourth-order valence-corrected chi connectivity index (χ4v) is 0.979. The maximum absolute atomic E-state index is 5.82. The third-order valence-electron chi connectivity index (χ3n) is 1.54. The highest BCUT2D eigenvalue weighted by atomic mass is 16.3. The lowest BCUT2D eigenvalue weighted by Crippen LogP contribution is -2.08. The summed E-state index contributed by atoms with van der Waals surface area (Å²) in [4.78, 5) is 0. The molecular formula is C9H13NO. The Labute approximate surface area is 66.7 Å². The van der Waals surface area contributed by atoms with Crippen LogP contribution in [0.3, 0.4) is 0 Å². The summed E-state index contributed by atoms with van der Waals surface area (Å²) in [5.74, 6) is 0. The minimum atomic E-state index is 0.0336. The minimum absolute atomic E-state index is 0.0336. The van der Waals surface area contributed by atoms with Crippen molar-refractivity contribution in [2.24, 2.45) is 5.73 Å². The molecule has 2 heteroatoms. The van der Waals surface area contributed by atoms with Crippen molar-refractivity contribution >= 4 is 0 Å². The minimum Gasteiger partial charge on any atom is -0.472 e. The van der Waals surface area contributed by atoms with Gasteiger partial charge in [0, 0.05) is 11.6 Å². The third kappa shape index (κ3) is 2.24. The van der Waals surface area contributed by atoms with E-state index in [1.165, 1.54) is 0 Å². The van der Waals surface area contributed by atoms with E-state index < -0.39 is 0 Å². The van der Waals surface area contributed by atoms with Crippen LogP contribution in [0.25, 0.3) is 0 Å². The lowest BCUT2D eigenvalue weighted by Gasteiger charge is -2.07. The van der Waals surface area contributed by atoms with Crippen LogP contribution in [-0.2, 0) is 0 Å². The molecule has 0 saturated carbocycles. The highest BCUT2D eigenvalue weighted by Gasteiger charge is 2.05. The summed E-state index contributed by atoms with van der Waals surface area (Å²) in [6.07, 6.45) is 4.13. The zero-order valence-electron chi connectivity index (χ0n) is 6.71. The van der Waals surface area contributed by atoms with Gasteiger partial charge in [-0.1, -0.05) is 5.57 Å². The molecule has 1 heterocycles. The van der Waals surface area contributed by atoms with Crippen molar-refractivity contribution in [1.82, 2.24) is 0 Å². The van der Waals surface area contributed by atoms with Crippen LogP contribution in [0.1, 0.15) is 24.9 Å². The lowest BCUT2D eigenvalue weighted by molar-refractivity contribution is 0.558. The molecule has 2 N–H and O–H groups in total. The average Bonchev–Trinajstić information content (AvgIpc) is 2.35. The predicted octanol–water partition coefficient (Wildman–Crippen LogP) is 2.25. The molecule has 0 radical (unpaired) electrons. The summed E-state index contributed by atoms with van der Waals surface area (Å²) in [6.45, 7) is 5.77. The number of hydrogen-bond acceptors (Lipinski definition) is 2. The number of rotatable bonds is 3. The predicted molar refractivity (Wildman–Crippen MR) is 45.1 cm³/mol. The van der Waals surface area contributed by atoms with E-state index in [4.69, 9.17) is 10.2 Å². The second-order valence-electron chi connectivity index (χ2n) is 2.82. The van der Waals surface area contributed by atoms with Gasteiger partial charge in [-0.05, 0) is 19.4 Å². The molecule has 2 nitrogen and oxygen atoms in total. The Hall–Kier alpha value is -1.02. The first-order chi connectivity index (χ1) is 5.20. The molecule has 1 rings (SSSR count). The first-order valence-electron chi connectivity index (χ1n) is 3.62. The van der Waals surface area contributed by atoms with E-state index in [0.717, 1.165) is 17.6 Å². The van der Waals surface area contributed by atoms with Crippen LogP contribution in [0.4, 0.5) is 0 Å². The van der Waals surface area contributed by atoms with E-state index in [2.05, 4.69) is 6.58 Å². The van der Waals surface area contributed by atoms with Crippen LogP contribution >= 0.6 is 0 Å². The van der Waals surface area contributed by atoms with Gasteiger partial charge in [0.2, 0.25) is 0 Å². The summed E-state index contributed by atoms with van der Waals surface area (Å²) in [6, 6.07) is 1.92. The molecule has 1 aromatic heterocycles. The molecule has 0 saturated heterocycles. The van der Waals surface area contributed by atoms with Gasteiger partial charge in [0.1, 0.15) is 0 Å². The Morgan fingerprint density at radius 3 is 3.00 bits per heavy atom. The van der Waals surface area contributed by atoms with E-state index in [1.54, 1.807) is 12.5 Å². The van der Waals surface area contributed by atoms with Gasteiger partial charge in [0.25, 0.3) is 0 Å². The van der Waals surface area contributed by atoms with E-state index in [0.29, 0.717) is 0 Å². The van der Waals surface area contributed by atoms with Gasteiger partial charge in [-0.25, -0.2) is 0 Å². The highest BCUT2D eigenvalue weighted by Crippen LogP contribution is 2.17. The Morgan fingerprint density at radius 2 is 2.55 bits per heavy atom. The van der Waals surface area contributed by atoms with Crippen LogP contribution in [0.2, 0.25) is 0 Å². The van der Waals surface area contributed by atoms with E-state index in [-0.39, 0.29) is 6.04 Å². The molecule has 0 bridgehead atoms. The summed E-state index contributed by atoms with van der Waals surface area (Å²) in [7, 11) is 0. The van der Waals surface area contributed by atoms with Crippen LogP contribution in [0, 0.1) is 0 Å². The zero-order chi connectivity index (χ0) is 8.27. The third-order valence-corrected chi connectivity index (χ3v) is 1.54. The van der Waals surface area contributed by atoms with Gasteiger partial charge in [-0.15, -0.1) is 6.58 Å². The van der Waals surface area contributed by atoms with Gasteiger partial charge >= 0.3 is 0 Å². The second-order valence-corrected chi connectivity index (χ2v) is 2.82. The van der Waals surface area contributed by atoms with Crippen molar-refractivity contribution in [3.8, 4) is 0 Å². The Balaban J connectivity index is 2.56. The molecule has 0 aliphatic heterocycles. The van der Waals surface area contributed by atoms with Gasteiger partial charge in [0.05, 0.1) is 12.5 Å². The monoisotopic (exact) mass is 151 g/mol.